The van der Waals surface area contributed by atoms with Gasteiger partial charge in [0.1, 0.15) is 5.75 Å². The van der Waals surface area contributed by atoms with E-state index in [4.69, 9.17) is 10.6 Å². The molecule has 1 aromatic rings. The van der Waals surface area contributed by atoms with Gasteiger partial charge < -0.3 is 14.7 Å². The van der Waals surface area contributed by atoms with Crippen LogP contribution in [-0.4, -0.2) is 31.4 Å². The minimum absolute atomic E-state index is 0.211. The molecule has 0 radical (unpaired) electrons. The summed E-state index contributed by atoms with van der Waals surface area (Å²) in [6.45, 7) is 3.43. The number of phenols is 1. The van der Waals surface area contributed by atoms with E-state index in [2.05, 4.69) is 9.74 Å². The third-order valence-electron chi connectivity index (χ3n) is 2.68. The van der Waals surface area contributed by atoms with Crippen LogP contribution in [0, 0.1) is 0 Å². The Balaban J connectivity index is 2.17. The molecule has 0 unspecified atom stereocenters. The summed E-state index contributed by atoms with van der Waals surface area (Å²) in [5.74, 6) is 5.22. The molecule has 88 valence electrons. The zero-order valence-corrected chi connectivity index (χ0v) is 9.06. The van der Waals surface area contributed by atoms with Gasteiger partial charge in [0.25, 0.3) is 0 Å². The molecule has 1 aromatic carbocycles. The van der Waals surface area contributed by atoms with E-state index in [-0.39, 0.29) is 12.4 Å². The number of hydrogen-bond acceptors (Lipinski definition) is 5. The zero-order chi connectivity index (χ0) is 11.4. The van der Waals surface area contributed by atoms with Crippen LogP contribution in [0.25, 0.3) is 0 Å². The van der Waals surface area contributed by atoms with Crippen molar-refractivity contribution in [3.63, 3.8) is 0 Å². The fraction of sp³-hybridized carbons (Fsp3) is 0.455. The van der Waals surface area contributed by atoms with Crippen molar-refractivity contribution in [2.24, 2.45) is 5.90 Å². The molecular weight excluding hydrogens is 208 g/mol. The molecule has 0 atom stereocenters. The van der Waals surface area contributed by atoms with Gasteiger partial charge >= 0.3 is 0 Å². The average molecular weight is 224 g/mol. The number of phenolic OH excluding ortho intramolecular Hbond substituents is 1. The summed E-state index contributed by atoms with van der Waals surface area (Å²) in [6, 6.07) is 5.45. The van der Waals surface area contributed by atoms with Crippen molar-refractivity contribution in [2.75, 3.05) is 31.2 Å². The summed E-state index contributed by atoms with van der Waals surface area (Å²) in [5.41, 5.74) is 1.76. The predicted octanol–water partition coefficient (Wildman–Crippen LogP) is 0.619. The lowest BCUT2D eigenvalue weighted by Gasteiger charge is -2.29. The number of anilines is 1. The van der Waals surface area contributed by atoms with Crippen LogP contribution in [0.2, 0.25) is 0 Å². The molecule has 2 rings (SSSR count). The lowest BCUT2D eigenvalue weighted by molar-refractivity contribution is 0.121. The van der Waals surface area contributed by atoms with Crippen molar-refractivity contribution < 1.29 is 14.7 Å². The molecule has 0 bridgehead atoms. The van der Waals surface area contributed by atoms with E-state index < -0.39 is 0 Å². The maximum absolute atomic E-state index is 9.59. The summed E-state index contributed by atoms with van der Waals surface area (Å²) in [5, 5.41) is 9.59. The lowest BCUT2D eigenvalue weighted by atomic mass is 10.1. The standard InChI is InChI=1S/C11H16N2O3/c12-16-8-9-7-10(1-2-11(9)14)13-3-5-15-6-4-13/h1-2,7,14H,3-6,8,12H2. The number of nitrogens with zero attached hydrogens (tertiary/aromatic N) is 1. The van der Waals surface area contributed by atoms with E-state index in [0.29, 0.717) is 5.56 Å². The first-order valence-corrected chi connectivity index (χ1v) is 5.27. The molecule has 5 nitrogen and oxygen atoms in total. The quantitative estimate of drug-likeness (QED) is 0.737. The molecular formula is C11H16N2O3. The van der Waals surface area contributed by atoms with E-state index in [1.54, 1.807) is 6.07 Å². The van der Waals surface area contributed by atoms with E-state index >= 15 is 0 Å². The molecule has 5 heteroatoms. The highest BCUT2D eigenvalue weighted by atomic mass is 16.6. The lowest BCUT2D eigenvalue weighted by Crippen LogP contribution is -2.36. The normalized spacial score (nSPS) is 16.4. The number of morpholine rings is 1. The summed E-state index contributed by atoms with van der Waals surface area (Å²) in [6.07, 6.45) is 0. The van der Waals surface area contributed by atoms with Crippen molar-refractivity contribution in [3.8, 4) is 5.75 Å². The summed E-state index contributed by atoms with van der Waals surface area (Å²) >= 11 is 0. The Labute approximate surface area is 94.3 Å². The smallest absolute Gasteiger partial charge is 0.121 e. The second-order valence-corrected chi connectivity index (χ2v) is 3.72. The maximum atomic E-state index is 9.59. The van der Waals surface area contributed by atoms with Crippen LogP contribution >= 0.6 is 0 Å². The first-order valence-electron chi connectivity index (χ1n) is 5.27. The first kappa shape index (κ1) is 11.2. The molecule has 1 heterocycles. The molecule has 0 saturated carbocycles. The molecule has 1 saturated heterocycles. The number of aromatic hydroxyl groups is 1. The fourth-order valence-corrected chi connectivity index (χ4v) is 1.80. The van der Waals surface area contributed by atoms with Crippen LogP contribution in [0.4, 0.5) is 5.69 Å². The van der Waals surface area contributed by atoms with Gasteiger partial charge in [-0.05, 0) is 18.2 Å². The Bertz CT molecular complexity index is 351. The van der Waals surface area contributed by atoms with Crippen LogP contribution in [0.1, 0.15) is 5.56 Å². The summed E-state index contributed by atoms with van der Waals surface area (Å²) < 4.78 is 5.29. The van der Waals surface area contributed by atoms with Gasteiger partial charge in [0.2, 0.25) is 0 Å². The Hall–Kier alpha value is -1.30. The van der Waals surface area contributed by atoms with Gasteiger partial charge in [-0.15, -0.1) is 0 Å². The number of ether oxygens (including phenoxy) is 1. The number of benzene rings is 1. The van der Waals surface area contributed by atoms with Gasteiger partial charge in [-0.2, -0.15) is 0 Å². The fourth-order valence-electron chi connectivity index (χ4n) is 1.80. The minimum Gasteiger partial charge on any atom is -0.508 e. The van der Waals surface area contributed by atoms with Gasteiger partial charge in [-0.1, -0.05) is 0 Å². The number of hydrogen-bond donors (Lipinski definition) is 2. The van der Waals surface area contributed by atoms with Gasteiger partial charge in [-0.25, -0.2) is 5.90 Å². The molecule has 1 aliphatic rings. The maximum Gasteiger partial charge on any atom is 0.121 e. The Morgan fingerprint density at radius 1 is 1.38 bits per heavy atom. The van der Waals surface area contributed by atoms with Crippen LogP contribution in [-0.2, 0) is 16.2 Å². The molecule has 16 heavy (non-hydrogen) atoms. The molecule has 1 fully saturated rings. The minimum atomic E-state index is 0.211. The molecule has 0 aliphatic carbocycles. The second kappa shape index (κ2) is 5.16. The monoisotopic (exact) mass is 224 g/mol. The van der Waals surface area contributed by atoms with Crippen molar-refractivity contribution in [1.82, 2.24) is 0 Å². The number of rotatable bonds is 3. The molecule has 3 N–H and O–H groups in total. The largest absolute Gasteiger partial charge is 0.508 e. The third kappa shape index (κ3) is 2.44. The van der Waals surface area contributed by atoms with Gasteiger partial charge in [0, 0.05) is 24.3 Å². The third-order valence-corrected chi connectivity index (χ3v) is 2.68. The van der Waals surface area contributed by atoms with Crippen molar-refractivity contribution in [1.29, 1.82) is 0 Å². The van der Waals surface area contributed by atoms with E-state index in [1.807, 2.05) is 12.1 Å². The van der Waals surface area contributed by atoms with Gasteiger partial charge in [0.05, 0.1) is 19.8 Å². The summed E-state index contributed by atoms with van der Waals surface area (Å²) in [7, 11) is 0. The zero-order valence-electron chi connectivity index (χ0n) is 9.06. The van der Waals surface area contributed by atoms with Gasteiger partial charge in [0.15, 0.2) is 0 Å². The van der Waals surface area contributed by atoms with Crippen LogP contribution in [0.15, 0.2) is 18.2 Å². The first-order chi connectivity index (χ1) is 7.81. The summed E-state index contributed by atoms with van der Waals surface area (Å²) in [4.78, 5) is 6.76. The molecule has 0 spiro atoms. The highest BCUT2D eigenvalue weighted by molar-refractivity contribution is 5.53. The van der Waals surface area contributed by atoms with E-state index in [0.717, 1.165) is 32.0 Å². The SMILES string of the molecule is NOCc1cc(N2CCOCC2)ccc1O. The van der Waals surface area contributed by atoms with Gasteiger partial charge in [-0.3, -0.25) is 4.84 Å². The Morgan fingerprint density at radius 2 is 2.12 bits per heavy atom. The average Bonchev–Trinajstić information content (AvgIpc) is 2.33. The number of nitrogens with two attached hydrogens (primary N) is 1. The highest BCUT2D eigenvalue weighted by Crippen LogP contribution is 2.25. The topological polar surface area (TPSA) is 68.0 Å². The predicted molar refractivity (Wildman–Crippen MR) is 60.1 cm³/mol. The van der Waals surface area contributed by atoms with Crippen molar-refractivity contribution in [3.05, 3.63) is 23.8 Å². The Morgan fingerprint density at radius 3 is 2.81 bits per heavy atom. The second-order valence-electron chi connectivity index (χ2n) is 3.72. The highest BCUT2D eigenvalue weighted by Gasteiger charge is 2.12. The van der Waals surface area contributed by atoms with Crippen molar-refractivity contribution in [2.45, 2.75) is 6.61 Å². The Kier molecular flexibility index (Phi) is 3.61. The van der Waals surface area contributed by atoms with Crippen LogP contribution in [0.3, 0.4) is 0 Å². The van der Waals surface area contributed by atoms with Crippen molar-refractivity contribution >= 4 is 5.69 Å². The van der Waals surface area contributed by atoms with E-state index in [1.165, 1.54) is 0 Å². The molecule has 0 aromatic heterocycles. The molecule has 0 amide bonds. The van der Waals surface area contributed by atoms with Crippen LogP contribution in [0.5, 0.6) is 5.75 Å². The van der Waals surface area contributed by atoms with Crippen LogP contribution < -0.4 is 10.8 Å². The molecule has 1 aliphatic heterocycles. The van der Waals surface area contributed by atoms with E-state index in [9.17, 15) is 5.11 Å².